The molecule has 4 nitrogen and oxygen atoms in total. The molecule has 3 aliphatic carbocycles. The molecule has 0 saturated heterocycles. The van der Waals surface area contributed by atoms with Crippen LogP contribution in [0.1, 0.15) is 49.1 Å². The molecule has 1 saturated carbocycles. The summed E-state index contributed by atoms with van der Waals surface area (Å²) in [6.07, 6.45) is 2.66. The zero-order chi connectivity index (χ0) is 19.6. The number of carbonyl (C=O) groups excluding carboxylic acids is 2. The van der Waals surface area contributed by atoms with E-state index in [1.807, 2.05) is 19.1 Å². The number of hydrogen-bond donors (Lipinski definition) is 0. The van der Waals surface area contributed by atoms with Crippen molar-refractivity contribution in [1.29, 1.82) is 0 Å². The van der Waals surface area contributed by atoms with Crippen molar-refractivity contribution in [1.82, 2.24) is 0 Å². The fourth-order valence-electron chi connectivity index (χ4n) is 4.58. The average Bonchev–Trinajstić information content (AvgIpc) is 2.64. The monoisotopic (exact) mass is 388 g/mol. The van der Waals surface area contributed by atoms with E-state index >= 15 is 0 Å². The highest BCUT2D eigenvalue weighted by molar-refractivity contribution is 6.76. The number of esters is 2. The molecule has 5 heteroatoms. The van der Waals surface area contributed by atoms with Crippen molar-refractivity contribution in [3.8, 4) is 0 Å². The van der Waals surface area contributed by atoms with E-state index in [0.717, 1.165) is 25.3 Å². The Morgan fingerprint density at radius 2 is 1.41 bits per heavy atom. The van der Waals surface area contributed by atoms with E-state index in [1.54, 1.807) is 0 Å². The van der Waals surface area contributed by atoms with E-state index in [1.165, 1.54) is 11.1 Å². The minimum atomic E-state index is -1.27. The summed E-state index contributed by atoms with van der Waals surface area (Å²) in [5.41, 5.74) is 2.44. The van der Waals surface area contributed by atoms with Crippen LogP contribution >= 0.6 is 0 Å². The summed E-state index contributed by atoms with van der Waals surface area (Å²) in [7, 11) is -1.27. The molecule has 0 amide bonds. The van der Waals surface area contributed by atoms with E-state index in [9.17, 15) is 9.59 Å². The van der Waals surface area contributed by atoms with Crippen molar-refractivity contribution < 1.29 is 19.1 Å². The second kappa shape index (κ2) is 8.17. The maximum Gasteiger partial charge on any atom is 0.310 e. The van der Waals surface area contributed by atoms with Crippen molar-refractivity contribution in [2.45, 2.75) is 63.7 Å². The molecule has 0 aliphatic heterocycles. The topological polar surface area (TPSA) is 52.6 Å². The lowest BCUT2D eigenvalue weighted by molar-refractivity contribution is -0.165. The van der Waals surface area contributed by atoms with E-state index < -0.39 is 19.9 Å². The van der Waals surface area contributed by atoms with Crippen LogP contribution in [0.5, 0.6) is 0 Å². The molecular formula is C22H32O4Si. The quantitative estimate of drug-likeness (QED) is 0.501. The van der Waals surface area contributed by atoms with Crippen LogP contribution in [0.2, 0.25) is 25.7 Å². The Balaban J connectivity index is 1.85. The summed E-state index contributed by atoms with van der Waals surface area (Å²) < 4.78 is 11.2. The molecule has 2 bridgehead atoms. The van der Waals surface area contributed by atoms with Crippen LogP contribution in [-0.4, -0.2) is 33.2 Å². The van der Waals surface area contributed by atoms with Crippen molar-refractivity contribution in [3.05, 3.63) is 35.4 Å². The summed E-state index contributed by atoms with van der Waals surface area (Å²) in [6.45, 7) is 9.66. The van der Waals surface area contributed by atoms with Gasteiger partial charge in [0.15, 0.2) is 0 Å². The number of ether oxygens (including phenoxy) is 2. The Morgan fingerprint density at radius 3 is 1.85 bits per heavy atom. The number of fused-ring (bicyclic) bond motifs is 2. The Hall–Kier alpha value is -1.62. The molecule has 3 aliphatic rings. The second-order valence-corrected chi connectivity index (χ2v) is 14.7. The normalized spacial score (nSPS) is 26.4. The molecule has 0 heterocycles. The van der Waals surface area contributed by atoms with Gasteiger partial charge in [-0.05, 0) is 48.3 Å². The van der Waals surface area contributed by atoms with Crippen LogP contribution in [0, 0.1) is 11.8 Å². The summed E-state index contributed by atoms with van der Waals surface area (Å²) >= 11 is 0. The molecule has 148 valence electrons. The molecule has 1 aromatic rings. The minimum Gasteiger partial charge on any atom is -0.466 e. The van der Waals surface area contributed by atoms with Gasteiger partial charge in [0.25, 0.3) is 0 Å². The first-order chi connectivity index (χ1) is 12.8. The summed E-state index contributed by atoms with van der Waals surface area (Å²) in [4.78, 5) is 25.9. The zero-order valence-electron chi connectivity index (χ0n) is 17.0. The van der Waals surface area contributed by atoms with Crippen molar-refractivity contribution in [3.63, 3.8) is 0 Å². The Bertz CT molecular complexity index is 694. The SMILES string of the molecule is CCCOC(=O)C1C2CCC(c3ccccc32)C1C(=O)OCC[Si](C)(C)C. The van der Waals surface area contributed by atoms with Crippen molar-refractivity contribution >= 4 is 20.0 Å². The van der Waals surface area contributed by atoms with Crippen LogP contribution in [0.25, 0.3) is 0 Å². The number of rotatable bonds is 7. The van der Waals surface area contributed by atoms with E-state index in [4.69, 9.17) is 9.47 Å². The number of carbonyl (C=O) groups is 2. The molecular weight excluding hydrogens is 356 g/mol. The lowest BCUT2D eigenvalue weighted by atomic mass is 9.56. The lowest BCUT2D eigenvalue weighted by Gasteiger charge is -2.47. The Kier molecular flexibility index (Phi) is 6.09. The molecule has 0 radical (unpaired) electrons. The summed E-state index contributed by atoms with van der Waals surface area (Å²) in [5.74, 6) is -1.15. The maximum absolute atomic E-state index is 13.1. The second-order valence-electron chi connectivity index (χ2n) is 9.12. The first-order valence-corrected chi connectivity index (χ1v) is 14.0. The number of hydrogen-bond acceptors (Lipinski definition) is 4. The molecule has 4 atom stereocenters. The highest BCUT2D eigenvalue weighted by Gasteiger charge is 2.54. The van der Waals surface area contributed by atoms with Gasteiger partial charge in [0.05, 0.1) is 25.0 Å². The van der Waals surface area contributed by atoms with Crippen LogP contribution < -0.4 is 0 Å². The molecule has 4 rings (SSSR count). The zero-order valence-corrected chi connectivity index (χ0v) is 18.0. The van der Waals surface area contributed by atoms with Gasteiger partial charge in [0, 0.05) is 8.07 Å². The lowest BCUT2D eigenvalue weighted by Crippen LogP contribution is -2.47. The highest BCUT2D eigenvalue weighted by Crippen LogP contribution is 2.56. The fraction of sp³-hybridized carbons (Fsp3) is 0.636. The predicted octanol–water partition coefficient (Wildman–Crippen LogP) is 4.73. The van der Waals surface area contributed by atoms with Crippen LogP contribution in [0.3, 0.4) is 0 Å². The summed E-state index contributed by atoms with van der Waals surface area (Å²) in [5, 5.41) is 0. The standard InChI is InChI=1S/C22H32O4Si/c1-5-12-25-21(23)19-17-10-11-18(16-9-7-6-8-15(16)17)20(19)22(24)26-13-14-27(2,3)4/h6-9,17-20H,5,10-14H2,1-4H3. The highest BCUT2D eigenvalue weighted by atomic mass is 28.3. The van der Waals surface area contributed by atoms with Gasteiger partial charge in [-0.15, -0.1) is 0 Å². The first kappa shape index (κ1) is 20.1. The van der Waals surface area contributed by atoms with Gasteiger partial charge in [-0.3, -0.25) is 9.59 Å². The first-order valence-electron chi connectivity index (χ1n) is 10.3. The smallest absolute Gasteiger partial charge is 0.310 e. The predicted molar refractivity (Wildman–Crippen MR) is 109 cm³/mol. The average molecular weight is 389 g/mol. The van der Waals surface area contributed by atoms with Gasteiger partial charge < -0.3 is 9.47 Å². The third kappa shape index (κ3) is 4.28. The largest absolute Gasteiger partial charge is 0.466 e. The van der Waals surface area contributed by atoms with Crippen molar-refractivity contribution in [2.24, 2.45) is 11.8 Å². The molecule has 0 aromatic heterocycles. The Labute approximate surface area is 163 Å². The van der Waals surface area contributed by atoms with Gasteiger partial charge in [-0.25, -0.2) is 0 Å². The van der Waals surface area contributed by atoms with Gasteiger partial charge in [-0.2, -0.15) is 0 Å². The molecule has 0 N–H and O–H groups in total. The third-order valence-corrected chi connectivity index (χ3v) is 7.63. The molecule has 27 heavy (non-hydrogen) atoms. The van der Waals surface area contributed by atoms with E-state index in [0.29, 0.717) is 13.2 Å². The molecule has 4 unspecified atom stereocenters. The van der Waals surface area contributed by atoms with Crippen LogP contribution in [0.4, 0.5) is 0 Å². The molecule has 0 spiro atoms. The van der Waals surface area contributed by atoms with Crippen molar-refractivity contribution in [2.75, 3.05) is 13.2 Å². The van der Waals surface area contributed by atoms with Gasteiger partial charge in [0.1, 0.15) is 0 Å². The third-order valence-electron chi connectivity index (χ3n) is 5.93. The Morgan fingerprint density at radius 1 is 0.926 bits per heavy atom. The van der Waals surface area contributed by atoms with Crippen LogP contribution in [-0.2, 0) is 19.1 Å². The van der Waals surface area contributed by atoms with Crippen LogP contribution in [0.15, 0.2) is 24.3 Å². The minimum absolute atomic E-state index is 0.0600. The van der Waals surface area contributed by atoms with Gasteiger partial charge in [0.2, 0.25) is 0 Å². The number of benzene rings is 1. The molecule has 1 fully saturated rings. The molecule has 1 aromatic carbocycles. The van der Waals surface area contributed by atoms with Gasteiger partial charge in [-0.1, -0.05) is 50.8 Å². The maximum atomic E-state index is 13.1. The van der Waals surface area contributed by atoms with E-state index in [2.05, 4.69) is 31.8 Å². The van der Waals surface area contributed by atoms with Gasteiger partial charge >= 0.3 is 11.9 Å². The van der Waals surface area contributed by atoms with E-state index in [-0.39, 0.29) is 23.8 Å². The summed E-state index contributed by atoms with van der Waals surface area (Å²) in [6, 6.07) is 9.22. The fourth-order valence-corrected chi connectivity index (χ4v) is 5.29.